The smallest absolute Gasteiger partial charge is 0.254 e. The van der Waals surface area contributed by atoms with Crippen LogP contribution in [0.4, 0.5) is 0 Å². The quantitative estimate of drug-likeness (QED) is 0.921. The normalized spacial score (nSPS) is 12.1. The van der Waals surface area contributed by atoms with Gasteiger partial charge in [0.2, 0.25) is 0 Å². The van der Waals surface area contributed by atoms with Gasteiger partial charge in [0.15, 0.2) is 0 Å². The highest BCUT2D eigenvalue weighted by Crippen LogP contribution is 2.25. The van der Waals surface area contributed by atoms with E-state index in [0.29, 0.717) is 5.56 Å². The molecule has 0 saturated heterocycles. The summed E-state index contributed by atoms with van der Waals surface area (Å²) in [5, 5.41) is 11.2. The molecule has 2 aromatic rings. The molecule has 1 atom stereocenters. The number of benzene rings is 1. The van der Waals surface area contributed by atoms with Crippen molar-refractivity contribution < 1.29 is 9.90 Å². The number of carbonyl (C=O) groups is 1. The van der Waals surface area contributed by atoms with Crippen molar-refractivity contribution >= 4 is 17.2 Å². The van der Waals surface area contributed by atoms with Crippen molar-refractivity contribution in [2.45, 2.75) is 13.0 Å². The summed E-state index contributed by atoms with van der Waals surface area (Å²) in [5.41, 5.74) is 0.582. The van der Waals surface area contributed by atoms with Gasteiger partial charge in [-0.2, -0.15) is 0 Å². The predicted octanol–water partition coefficient (Wildman–Crippen LogP) is 3.29. The van der Waals surface area contributed by atoms with Gasteiger partial charge in [-0.25, -0.2) is 0 Å². The Morgan fingerprint density at radius 2 is 1.94 bits per heavy atom. The standard InChI is InChI=1S/C14H15NO2S/c1-10(13-4-3-9-18-13)15(2)14(17)11-5-7-12(16)8-6-11/h3-10,16H,1-2H3. The molecule has 2 rings (SSSR count). The molecule has 0 bridgehead atoms. The van der Waals surface area contributed by atoms with Crippen molar-refractivity contribution in [1.29, 1.82) is 0 Å². The summed E-state index contributed by atoms with van der Waals surface area (Å²) in [4.78, 5) is 15.1. The Morgan fingerprint density at radius 1 is 1.28 bits per heavy atom. The number of phenols is 1. The summed E-state index contributed by atoms with van der Waals surface area (Å²) in [5.74, 6) is 0.122. The largest absolute Gasteiger partial charge is 0.508 e. The van der Waals surface area contributed by atoms with Gasteiger partial charge in [0, 0.05) is 17.5 Å². The van der Waals surface area contributed by atoms with E-state index in [9.17, 15) is 9.90 Å². The second kappa shape index (κ2) is 5.23. The second-order valence-corrected chi connectivity index (χ2v) is 5.13. The van der Waals surface area contributed by atoms with E-state index >= 15 is 0 Å². The molecule has 1 heterocycles. The van der Waals surface area contributed by atoms with E-state index in [2.05, 4.69) is 0 Å². The van der Waals surface area contributed by atoms with Crippen LogP contribution < -0.4 is 0 Å². The van der Waals surface area contributed by atoms with Gasteiger partial charge in [0.25, 0.3) is 5.91 Å². The summed E-state index contributed by atoms with van der Waals surface area (Å²) < 4.78 is 0. The summed E-state index contributed by atoms with van der Waals surface area (Å²) >= 11 is 1.64. The van der Waals surface area contributed by atoms with Crippen LogP contribution in [0.1, 0.15) is 28.2 Å². The van der Waals surface area contributed by atoms with Gasteiger partial charge in [-0.1, -0.05) is 6.07 Å². The van der Waals surface area contributed by atoms with E-state index < -0.39 is 0 Å². The van der Waals surface area contributed by atoms with Gasteiger partial charge in [0.05, 0.1) is 6.04 Å². The average Bonchev–Trinajstić information content (AvgIpc) is 2.91. The van der Waals surface area contributed by atoms with Gasteiger partial charge in [-0.3, -0.25) is 4.79 Å². The number of amides is 1. The first-order chi connectivity index (χ1) is 8.59. The average molecular weight is 261 g/mol. The molecule has 18 heavy (non-hydrogen) atoms. The molecule has 94 valence electrons. The van der Waals surface area contributed by atoms with Crippen molar-refractivity contribution in [2.75, 3.05) is 7.05 Å². The van der Waals surface area contributed by atoms with Crippen molar-refractivity contribution in [1.82, 2.24) is 4.90 Å². The Kier molecular flexibility index (Phi) is 3.67. The number of hydrogen-bond acceptors (Lipinski definition) is 3. The van der Waals surface area contributed by atoms with Crippen molar-refractivity contribution in [3.63, 3.8) is 0 Å². The monoisotopic (exact) mass is 261 g/mol. The van der Waals surface area contributed by atoms with Crippen LogP contribution in [0.3, 0.4) is 0 Å². The highest BCUT2D eigenvalue weighted by Gasteiger charge is 2.19. The second-order valence-electron chi connectivity index (χ2n) is 4.15. The number of rotatable bonds is 3. The summed E-state index contributed by atoms with van der Waals surface area (Å²) in [6.45, 7) is 2.00. The van der Waals surface area contributed by atoms with Gasteiger partial charge in [0.1, 0.15) is 5.75 Å². The van der Waals surface area contributed by atoms with E-state index in [-0.39, 0.29) is 17.7 Å². The first-order valence-electron chi connectivity index (χ1n) is 5.69. The fourth-order valence-corrected chi connectivity index (χ4v) is 2.53. The van der Waals surface area contributed by atoms with Crippen LogP contribution in [-0.4, -0.2) is 23.0 Å². The Morgan fingerprint density at radius 3 is 2.50 bits per heavy atom. The maximum absolute atomic E-state index is 12.2. The molecule has 0 aliphatic heterocycles. The molecule has 1 aromatic heterocycles. The molecule has 1 unspecified atom stereocenters. The fraction of sp³-hybridized carbons (Fsp3) is 0.214. The van der Waals surface area contributed by atoms with Crippen molar-refractivity contribution in [2.24, 2.45) is 0 Å². The van der Waals surface area contributed by atoms with Crippen LogP contribution in [0.15, 0.2) is 41.8 Å². The van der Waals surface area contributed by atoms with Crippen LogP contribution in [0.2, 0.25) is 0 Å². The molecule has 1 amide bonds. The molecular formula is C14H15NO2S. The van der Waals surface area contributed by atoms with Gasteiger partial charge in [-0.15, -0.1) is 11.3 Å². The number of thiophene rings is 1. The van der Waals surface area contributed by atoms with E-state index in [0.717, 1.165) is 4.88 Å². The van der Waals surface area contributed by atoms with Crippen LogP contribution in [0.5, 0.6) is 5.75 Å². The fourth-order valence-electron chi connectivity index (χ4n) is 1.70. The SMILES string of the molecule is CC(c1cccs1)N(C)C(=O)c1ccc(O)cc1. The first kappa shape index (κ1) is 12.6. The zero-order valence-corrected chi connectivity index (χ0v) is 11.1. The van der Waals surface area contributed by atoms with E-state index in [4.69, 9.17) is 0 Å². The third-order valence-electron chi connectivity index (χ3n) is 2.97. The third kappa shape index (κ3) is 2.54. The first-order valence-corrected chi connectivity index (χ1v) is 6.57. The highest BCUT2D eigenvalue weighted by atomic mass is 32.1. The lowest BCUT2D eigenvalue weighted by molar-refractivity contribution is 0.0745. The Hall–Kier alpha value is -1.81. The number of carbonyl (C=O) groups excluding carboxylic acids is 1. The molecule has 4 heteroatoms. The topological polar surface area (TPSA) is 40.5 Å². The van der Waals surface area contributed by atoms with E-state index in [1.807, 2.05) is 24.4 Å². The van der Waals surface area contributed by atoms with Gasteiger partial charge in [-0.05, 0) is 42.6 Å². The lowest BCUT2D eigenvalue weighted by Crippen LogP contribution is -2.29. The minimum atomic E-state index is -0.0455. The molecule has 0 spiro atoms. The number of phenolic OH excluding ortho intramolecular Hbond substituents is 1. The molecule has 1 N–H and O–H groups in total. The lowest BCUT2D eigenvalue weighted by Gasteiger charge is -2.24. The third-order valence-corrected chi connectivity index (χ3v) is 4.01. The van der Waals surface area contributed by atoms with Crippen molar-refractivity contribution in [3.05, 3.63) is 52.2 Å². The predicted molar refractivity (Wildman–Crippen MR) is 72.9 cm³/mol. The zero-order valence-electron chi connectivity index (χ0n) is 10.3. The molecule has 0 fully saturated rings. The number of aromatic hydroxyl groups is 1. The summed E-state index contributed by atoms with van der Waals surface area (Å²) in [6.07, 6.45) is 0. The molecule has 0 saturated carbocycles. The van der Waals surface area contributed by atoms with Crippen LogP contribution in [0.25, 0.3) is 0 Å². The Bertz CT molecular complexity index is 519. The number of hydrogen-bond donors (Lipinski definition) is 1. The van der Waals surface area contributed by atoms with E-state index in [1.54, 1.807) is 35.4 Å². The number of nitrogens with zero attached hydrogens (tertiary/aromatic N) is 1. The zero-order chi connectivity index (χ0) is 13.1. The van der Waals surface area contributed by atoms with Crippen LogP contribution in [0, 0.1) is 0 Å². The maximum Gasteiger partial charge on any atom is 0.254 e. The van der Waals surface area contributed by atoms with Crippen molar-refractivity contribution in [3.8, 4) is 5.75 Å². The molecule has 0 aliphatic carbocycles. The minimum absolute atomic E-state index is 0.0455. The Balaban J connectivity index is 2.16. The summed E-state index contributed by atoms with van der Waals surface area (Å²) in [7, 11) is 1.79. The summed E-state index contributed by atoms with van der Waals surface area (Å²) in [6, 6.07) is 10.4. The van der Waals surface area contributed by atoms with E-state index in [1.165, 1.54) is 12.1 Å². The highest BCUT2D eigenvalue weighted by molar-refractivity contribution is 7.10. The minimum Gasteiger partial charge on any atom is -0.508 e. The molecule has 0 radical (unpaired) electrons. The molecule has 0 aliphatic rings. The Labute approximate surface area is 110 Å². The van der Waals surface area contributed by atoms with Crippen LogP contribution in [-0.2, 0) is 0 Å². The maximum atomic E-state index is 12.2. The lowest BCUT2D eigenvalue weighted by atomic mass is 10.1. The van der Waals surface area contributed by atoms with Gasteiger partial charge < -0.3 is 10.0 Å². The molecule has 3 nitrogen and oxygen atoms in total. The molecular weight excluding hydrogens is 246 g/mol. The molecule has 1 aromatic carbocycles. The van der Waals surface area contributed by atoms with Crippen LogP contribution >= 0.6 is 11.3 Å². The van der Waals surface area contributed by atoms with Gasteiger partial charge >= 0.3 is 0 Å².